The molecule has 0 aromatic rings. The van der Waals surface area contributed by atoms with Crippen LogP contribution in [0.25, 0.3) is 0 Å². The maximum absolute atomic E-state index is 12.8. The Morgan fingerprint density at radius 2 is 2.05 bits per heavy atom. The average molecular weight is 268 g/mol. The van der Waals surface area contributed by atoms with E-state index in [0.29, 0.717) is 18.4 Å². The van der Waals surface area contributed by atoms with Gasteiger partial charge in [0.25, 0.3) is 0 Å². The smallest absolute Gasteiger partial charge is 0.230 e. The normalized spacial score (nSPS) is 35.6. The highest BCUT2D eigenvalue weighted by molar-refractivity contribution is 5.83. The van der Waals surface area contributed by atoms with Crippen LogP contribution in [-0.4, -0.2) is 44.2 Å². The zero-order chi connectivity index (χ0) is 13.9. The molecule has 110 valence electrons. The molecule has 0 aromatic heterocycles. The van der Waals surface area contributed by atoms with E-state index in [9.17, 15) is 4.79 Å². The molecule has 4 nitrogen and oxygen atoms in total. The summed E-state index contributed by atoms with van der Waals surface area (Å²) in [7, 11) is 1.73. The summed E-state index contributed by atoms with van der Waals surface area (Å²) in [6.07, 6.45) is 5.27. The summed E-state index contributed by atoms with van der Waals surface area (Å²) < 4.78 is 5.20. The first kappa shape index (κ1) is 14.8. The number of ether oxygens (including phenoxy) is 1. The third-order valence-corrected chi connectivity index (χ3v) is 5.05. The number of hydrogen-bond acceptors (Lipinski definition) is 3. The van der Waals surface area contributed by atoms with Gasteiger partial charge in [0, 0.05) is 32.7 Å². The lowest BCUT2D eigenvalue weighted by atomic mass is 9.70. The van der Waals surface area contributed by atoms with Crippen LogP contribution in [0.1, 0.15) is 39.0 Å². The largest absolute Gasteiger partial charge is 0.384 e. The highest BCUT2D eigenvalue weighted by Crippen LogP contribution is 2.40. The Balaban J connectivity index is 1.98. The van der Waals surface area contributed by atoms with Crippen LogP contribution in [0.2, 0.25) is 0 Å². The van der Waals surface area contributed by atoms with E-state index in [0.717, 1.165) is 57.7 Å². The molecule has 0 aromatic carbocycles. The van der Waals surface area contributed by atoms with Gasteiger partial charge in [-0.25, -0.2) is 0 Å². The van der Waals surface area contributed by atoms with Crippen LogP contribution in [0.15, 0.2) is 0 Å². The van der Waals surface area contributed by atoms with Gasteiger partial charge in [0.15, 0.2) is 0 Å². The van der Waals surface area contributed by atoms with Gasteiger partial charge in [0.1, 0.15) is 0 Å². The van der Waals surface area contributed by atoms with Crippen molar-refractivity contribution in [3.63, 3.8) is 0 Å². The van der Waals surface area contributed by atoms with Crippen molar-refractivity contribution in [1.82, 2.24) is 4.90 Å². The van der Waals surface area contributed by atoms with E-state index in [4.69, 9.17) is 10.5 Å². The predicted octanol–water partition coefficient (Wildman–Crippen LogP) is 1.64. The van der Waals surface area contributed by atoms with Crippen molar-refractivity contribution in [2.45, 2.75) is 39.0 Å². The van der Waals surface area contributed by atoms with Crippen molar-refractivity contribution < 1.29 is 9.53 Å². The molecule has 1 saturated heterocycles. The molecule has 1 heterocycles. The summed E-state index contributed by atoms with van der Waals surface area (Å²) in [6.45, 7) is 5.27. The number of methoxy groups -OCH3 is 1. The Morgan fingerprint density at radius 1 is 1.37 bits per heavy atom. The number of carbonyl (C=O) groups is 1. The number of hydrogen-bond donors (Lipinski definition) is 1. The van der Waals surface area contributed by atoms with Gasteiger partial charge in [0.05, 0.1) is 12.0 Å². The maximum Gasteiger partial charge on any atom is 0.230 e. The van der Waals surface area contributed by atoms with Gasteiger partial charge in [0.2, 0.25) is 5.91 Å². The van der Waals surface area contributed by atoms with E-state index in [-0.39, 0.29) is 5.41 Å². The Morgan fingerprint density at radius 3 is 2.63 bits per heavy atom. The van der Waals surface area contributed by atoms with Gasteiger partial charge < -0.3 is 15.4 Å². The lowest BCUT2D eigenvalue weighted by molar-refractivity contribution is -0.143. The third-order valence-electron chi connectivity index (χ3n) is 5.05. The van der Waals surface area contributed by atoms with Gasteiger partial charge in [-0.1, -0.05) is 6.92 Å². The Bertz CT molecular complexity index is 311. The number of carbonyl (C=O) groups excluding carboxylic acids is 1. The minimum atomic E-state index is -0.269. The molecular formula is C15H28N2O2. The zero-order valence-electron chi connectivity index (χ0n) is 12.4. The van der Waals surface area contributed by atoms with Crippen LogP contribution in [-0.2, 0) is 9.53 Å². The monoisotopic (exact) mass is 268 g/mol. The Hall–Kier alpha value is -0.610. The van der Waals surface area contributed by atoms with E-state index in [1.807, 2.05) is 4.90 Å². The van der Waals surface area contributed by atoms with Crippen LogP contribution >= 0.6 is 0 Å². The van der Waals surface area contributed by atoms with Crippen molar-refractivity contribution >= 4 is 5.91 Å². The first-order valence-electron chi connectivity index (χ1n) is 7.59. The molecule has 4 heteroatoms. The van der Waals surface area contributed by atoms with E-state index in [1.54, 1.807) is 7.11 Å². The molecule has 1 saturated carbocycles. The Kier molecular flexibility index (Phi) is 4.85. The molecule has 19 heavy (non-hydrogen) atoms. The minimum Gasteiger partial charge on any atom is -0.384 e. The van der Waals surface area contributed by atoms with Crippen molar-refractivity contribution in [1.29, 1.82) is 0 Å². The second-order valence-corrected chi connectivity index (χ2v) is 6.53. The first-order valence-corrected chi connectivity index (χ1v) is 7.59. The molecule has 0 spiro atoms. The van der Waals surface area contributed by atoms with Crippen LogP contribution in [0, 0.1) is 17.3 Å². The number of rotatable bonds is 4. The highest BCUT2D eigenvalue weighted by Gasteiger charge is 2.43. The highest BCUT2D eigenvalue weighted by atomic mass is 16.5. The summed E-state index contributed by atoms with van der Waals surface area (Å²) in [5.74, 6) is 1.55. The van der Waals surface area contributed by atoms with Crippen LogP contribution in [0.5, 0.6) is 0 Å². The van der Waals surface area contributed by atoms with Gasteiger partial charge >= 0.3 is 0 Å². The molecule has 1 unspecified atom stereocenters. The van der Waals surface area contributed by atoms with E-state index in [2.05, 4.69) is 6.92 Å². The van der Waals surface area contributed by atoms with Gasteiger partial charge in [-0.05, 0) is 38.0 Å². The fraction of sp³-hybridized carbons (Fsp3) is 0.933. The summed E-state index contributed by atoms with van der Waals surface area (Å²) in [5, 5.41) is 0. The molecule has 2 fully saturated rings. The fourth-order valence-electron chi connectivity index (χ4n) is 3.54. The molecular weight excluding hydrogens is 240 g/mol. The van der Waals surface area contributed by atoms with E-state index < -0.39 is 0 Å². The van der Waals surface area contributed by atoms with E-state index >= 15 is 0 Å². The number of likely N-dealkylation sites (tertiary alicyclic amines) is 1. The number of nitrogens with two attached hydrogens (primary N) is 1. The van der Waals surface area contributed by atoms with Crippen LogP contribution < -0.4 is 5.73 Å². The minimum absolute atomic E-state index is 0.269. The SMILES string of the molecule is COCC1CCN(C(=O)C2(CN)CCC(C)CC2)C1. The molecule has 1 aliphatic heterocycles. The first-order chi connectivity index (χ1) is 9.11. The van der Waals surface area contributed by atoms with Gasteiger partial charge in [-0.2, -0.15) is 0 Å². The standard InChI is InChI=1S/C15H28N2O2/c1-12-3-6-15(11-16,7-4-12)14(18)17-8-5-13(9-17)10-19-2/h12-13H,3-11,16H2,1-2H3. The van der Waals surface area contributed by atoms with Crippen molar-refractivity contribution in [2.75, 3.05) is 33.4 Å². The molecule has 0 radical (unpaired) electrons. The maximum atomic E-state index is 12.8. The molecule has 2 rings (SSSR count). The van der Waals surface area contributed by atoms with E-state index in [1.165, 1.54) is 0 Å². The molecule has 2 N–H and O–H groups in total. The van der Waals surface area contributed by atoms with Gasteiger partial charge in [-0.3, -0.25) is 4.79 Å². The molecule has 0 bridgehead atoms. The second kappa shape index (κ2) is 6.23. The molecule has 1 atom stereocenters. The molecule has 2 aliphatic rings. The summed E-state index contributed by atoms with van der Waals surface area (Å²) in [5.41, 5.74) is 5.70. The second-order valence-electron chi connectivity index (χ2n) is 6.53. The van der Waals surface area contributed by atoms with Crippen molar-refractivity contribution in [3.8, 4) is 0 Å². The molecule has 1 aliphatic carbocycles. The summed E-state index contributed by atoms with van der Waals surface area (Å²) in [4.78, 5) is 14.8. The van der Waals surface area contributed by atoms with Gasteiger partial charge in [-0.15, -0.1) is 0 Å². The summed E-state index contributed by atoms with van der Waals surface area (Å²) >= 11 is 0. The molecule has 1 amide bonds. The topological polar surface area (TPSA) is 55.6 Å². The predicted molar refractivity (Wildman–Crippen MR) is 75.7 cm³/mol. The number of amides is 1. The van der Waals surface area contributed by atoms with Crippen LogP contribution in [0.3, 0.4) is 0 Å². The van der Waals surface area contributed by atoms with Crippen LogP contribution in [0.4, 0.5) is 0 Å². The van der Waals surface area contributed by atoms with Crippen molar-refractivity contribution in [3.05, 3.63) is 0 Å². The number of nitrogens with zero attached hydrogens (tertiary/aromatic N) is 1. The summed E-state index contributed by atoms with van der Waals surface area (Å²) in [6, 6.07) is 0. The third kappa shape index (κ3) is 3.11. The quantitative estimate of drug-likeness (QED) is 0.843. The Labute approximate surface area is 116 Å². The lowest BCUT2D eigenvalue weighted by Crippen LogP contribution is -2.49. The zero-order valence-corrected chi connectivity index (χ0v) is 12.4. The average Bonchev–Trinajstić information content (AvgIpc) is 2.88. The van der Waals surface area contributed by atoms with Crippen molar-refractivity contribution in [2.24, 2.45) is 23.0 Å². The lowest BCUT2D eigenvalue weighted by Gasteiger charge is -2.39. The fourth-order valence-corrected chi connectivity index (χ4v) is 3.54.